The lowest BCUT2D eigenvalue weighted by atomic mass is 9.95. The number of benzene rings is 9. The van der Waals surface area contributed by atoms with Gasteiger partial charge in [-0.25, -0.2) is 4.98 Å². The topological polar surface area (TPSA) is 45.2 Å². The summed E-state index contributed by atoms with van der Waals surface area (Å²) in [5.41, 5.74) is 19.0. The first-order valence-corrected chi connectivity index (χ1v) is 22.6. The summed E-state index contributed by atoms with van der Waals surface area (Å²) in [6, 6.07) is 70.8. The Hall–Kier alpha value is -8.15. The molecule has 10 rings (SSSR count). The summed E-state index contributed by atoms with van der Waals surface area (Å²) >= 11 is 0. The third-order valence-electron chi connectivity index (χ3n) is 12.4. The van der Waals surface area contributed by atoms with Crippen LogP contribution in [0.1, 0.15) is 33.4 Å². The fourth-order valence-corrected chi connectivity index (χ4v) is 9.57. The highest BCUT2D eigenvalue weighted by Crippen LogP contribution is 2.45. The summed E-state index contributed by atoms with van der Waals surface area (Å²) in [7, 11) is 0. The van der Waals surface area contributed by atoms with Crippen molar-refractivity contribution in [3.8, 4) is 45.0 Å². The van der Waals surface area contributed by atoms with Crippen molar-refractivity contribution in [2.45, 2.75) is 41.5 Å². The smallest absolute Gasteiger partial charge is 0.238 e. The van der Waals surface area contributed by atoms with Crippen LogP contribution in [0.4, 0.5) is 34.4 Å². The summed E-state index contributed by atoms with van der Waals surface area (Å²) < 4.78 is 0. The van der Waals surface area contributed by atoms with E-state index < -0.39 is 0 Å². The highest BCUT2D eigenvalue weighted by atomic mass is 15.3. The van der Waals surface area contributed by atoms with Gasteiger partial charge in [0, 0.05) is 28.2 Å². The fraction of sp³-hybridized carbons (Fsp3) is 0.0984. The van der Waals surface area contributed by atoms with Crippen molar-refractivity contribution < 1.29 is 0 Å². The minimum absolute atomic E-state index is 0.513. The molecule has 0 spiro atoms. The Bertz CT molecular complexity index is 3240. The predicted octanol–water partition coefficient (Wildman–Crippen LogP) is 16.5. The fourth-order valence-electron chi connectivity index (χ4n) is 9.57. The molecule has 5 heteroatoms. The van der Waals surface area contributed by atoms with Crippen LogP contribution in [0.15, 0.2) is 200 Å². The van der Waals surface area contributed by atoms with Crippen molar-refractivity contribution in [1.82, 2.24) is 15.0 Å². The van der Waals surface area contributed by atoms with Crippen molar-refractivity contribution in [2.24, 2.45) is 0 Å². The number of nitrogens with zero attached hydrogens (tertiary/aromatic N) is 5. The van der Waals surface area contributed by atoms with Crippen LogP contribution in [0.3, 0.4) is 0 Å². The molecular weight excluding hydrogens is 803 g/mol. The molecule has 0 fully saturated rings. The summed E-state index contributed by atoms with van der Waals surface area (Å²) in [5.74, 6) is 1.69. The van der Waals surface area contributed by atoms with Crippen molar-refractivity contribution in [3.05, 3.63) is 234 Å². The second-order valence-electron chi connectivity index (χ2n) is 17.4. The van der Waals surface area contributed by atoms with Crippen LogP contribution >= 0.6 is 0 Å². The van der Waals surface area contributed by atoms with E-state index in [1.165, 1.54) is 44.8 Å². The molecule has 1 heterocycles. The number of hydrogen-bond donors (Lipinski definition) is 0. The van der Waals surface area contributed by atoms with Crippen molar-refractivity contribution >= 4 is 45.2 Å². The molecule has 0 saturated carbocycles. The van der Waals surface area contributed by atoms with Gasteiger partial charge in [0.1, 0.15) is 0 Å². The minimum atomic E-state index is 0.513. The standard InChI is InChI=1S/C61H51N5/c1-40-34-42(3)57(43(4)35-40)66(58-44(5)36-41(2)37-45(58)6)54-32-30-53(31-33-54)65(52-28-26-47(27-29-52)46-18-10-7-11-19-46)61-63-59(49-22-14-9-15-23-49)62-60(64-61)56-39-51-25-17-16-24-50(51)38-55(56)48-20-12-8-13-21-48/h7-39H,1-6H3. The number of anilines is 6. The van der Waals surface area contributed by atoms with Gasteiger partial charge in [-0.3, -0.25) is 4.90 Å². The maximum atomic E-state index is 5.46. The molecule has 10 aromatic rings. The van der Waals surface area contributed by atoms with E-state index in [1.54, 1.807) is 0 Å². The Labute approximate surface area is 388 Å². The van der Waals surface area contributed by atoms with Gasteiger partial charge in [-0.15, -0.1) is 0 Å². The first-order valence-electron chi connectivity index (χ1n) is 22.6. The summed E-state index contributed by atoms with van der Waals surface area (Å²) in [6.45, 7) is 13.2. The first-order chi connectivity index (χ1) is 32.2. The maximum Gasteiger partial charge on any atom is 0.238 e. The molecule has 66 heavy (non-hydrogen) atoms. The van der Waals surface area contributed by atoms with Gasteiger partial charge < -0.3 is 4.90 Å². The average Bonchev–Trinajstić information content (AvgIpc) is 3.34. The summed E-state index contributed by atoms with van der Waals surface area (Å²) in [6.07, 6.45) is 0. The van der Waals surface area contributed by atoms with Crippen LogP contribution < -0.4 is 9.80 Å². The van der Waals surface area contributed by atoms with E-state index in [1.807, 2.05) is 18.2 Å². The number of aromatic nitrogens is 3. The van der Waals surface area contributed by atoms with Gasteiger partial charge in [0.2, 0.25) is 5.95 Å². The summed E-state index contributed by atoms with van der Waals surface area (Å²) in [5, 5.41) is 2.26. The molecule has 0 aliphatic carbocycles. The van der Waals surface area contributed by atoms with E-state index in [9.17, 15) is 0 Å². The van der Waals surface area contributed by atoms with Crippen LogP contribution in [0.25, 0.3) is 55.8 Å². The highest BCUT2D eigenvalue weighted by Gasteiger charge is 2.25. The minimum Gasteiger partial charge on any atom is -0.309 e. The van der Waals surface area contributed by atoms with E-state index in [4.69, 9.17) is 15.0 Å². The van der Waals surface area contributed by atoms with Crippen LogP contribution in [0, 0.1) is 41.5 Å². The normalized spacial score (nSPS) is 11.2. The zero-order valence-corrected chi connectivity index (χ0v) is 38.3. The van der Waals surface area contributed by atoms with E-state index in [0.717, 1.165) is 61.2 Å². The Kier molecular flexibility index (Phi) is 11.3. The molecule has 0 amide bonds. The van der Waals surface area contributed by atoms with Gasteiger partial charge in [0.05, 0.1) is 11.4 Å². The average molecular weight is 854 g/mol. The molecule has 0 aliphatic rings. The molecule has 0 bridgehead atoms. The van der Waals surface area contributed by atoms with Crippen molar-refractivity contribution in [1.29, 1.82) is 0 Å². The van der Waals surface area contributed by atoms with Crippen LogP contribution in [0.5, 0.6) is 0 Å². The largest absolute Gasteiger partial charge is 0.309 e. The van der Waals surface area contributed by atoms with Crippen LogP contribution in [-0.2, 0) is 0 Å². The van der Waals surface area contributed by atoms with Crippen molar-refractivity contribution in [3.63, 3.8) is 0 Å². The van der Waals surface area contributed by atoms with Crippen LogP contribution in [0.2, 0.25) is 0 Å². The molecule has 0 saturated heterocycles. The molecule has 9 aromatic carbocycles. The molecule has 320 valence electrons. The molecule has 0 aliphatic heterocycles. The molecule has 1 aromatic heterocycles. The lowest BCUT2D eigenvalue weighted by Gasteiger charge is -2.32. The second kappa shape index (κ2) is 17.8. The Morgan fingerprint density at radius 1 is 0.303 bits per heavy atom. The van der Waals surface area contributed by atoms with E-state index >= 15 is 0 Å². The Balaban J connectivity index is 1.19. The molecule has 0 N–H and O–H groups in total. The summed E-state index contributed by atoms with van der Waals surface area (Å²) in [4.78, 5) is 20.7. The van der Waals surface area contributed by atoms with Gasteiger partial charge in [0.25, 0.3) is 0 Å². The third-order valence-corrected chi connectivity index (χ3v) is 12.4. The highest BCUT2D eigenvalue weighted by molar-refractivity contribution is 5.96. The van der Waals surface area contributed by atoms with Gasteiger partial charge in [0.15, 0.2) is 11.6 Å². The monoisotopic (exact) mass is 853 g/mol. The van der Waals surface area contributed by atoms with Gasteiger partial charge >= 0.3 is 0 Å². The molecule has 0 unspecified atom stereocenters. The second-order valence-corrected chi connectivity index (χ2v) is 17.4. The van der Waals surface area contributed by atoms with Crippen LogP contribution in [-0.4, -0.2) is 15.0 Å². The van der Waals surface area contributed by atoms with E-state index in [-0.39, 0.29) is 0 Å². The molecular formula is C61H51N5. The lowest BCUT2D eigenvalue weighted by molar-refractivity contribution is 1.02. The predicted molar refractivity (Wildman–Crippen MR) is 277 cm³/mol. The van der Waals surface area contributed by atoms with Gasteiger partial charge in [-0.2, -0.15) is 9.97 Å². The number of fused-ring (bicyclic) bond motifs is 1. The zero-order chi connectivity index (χ0) is 45.3. The van der Waals surface area contributed by atoms with Gasteiger partial charge in [-0.1, -0.05) is 163 Å². The quantitative estimate of drug-likeness (QED) is 0.137. The first kappa shape index (κ1) is 41.8. The molecule has 0 atom stereocenters. The molecule has 5 nitrogen and oxygen atoms in total. The van der Waals surface area contributed by atoms with E-state index in [0.29, 0.717) is 17.6 Å². The third kappa shape index (κ3) is 8.23. The number of hydrogen-bond acceptors (Lipinski definition) is 5. The Morgan fingerprint density at radius 2 is 0.682 bits per heavy atom. The maximum absolute atomic E-state index is 5.46. The van der Waals surface area contributed by atoms with Crippen molar-refractivity contribution in [2.75, 3.05) is 9.80 Å². The van der Waals surface area contributed by atoms with Gasteiger partial charge in [-0.05, 0) is 145 Å². The number of rotatable bonds is 10. The number of aryl methyl sites for hydroxylation is 6. The SMILES string of the molecule is Cc1cc(C)c(N(c2ccc(N(c3ccc(-c4ccccc4)cc3)c3nc(-c4ccccc4)nc(-c4cc5ccccc5cc4-c4ccccc4)n3)cc2)c2c(C)cc(C)cc2C)c(C)c1. The zero-order valence-electron chi connectivity index (χ0n) is 38.3. The lowest BCUT2D eigenvalue weighted by Crippen LogP contribution is -2.17. The van der Waals surface area contributed by atoms with E-state index in [2.05, 4.69) is 233 Å². The molecule has 0 radical (unpaired) electrons. The Morgan fingerprint density at radius 3 is 1.18 bits per heavy atom.